The maximum absolute atomic E-state index is 12.4. The third-order valence-corrected chi connectivity index (χ3v) is 5.42. The minimum atomic E-state index is -0.406. The topological polar surface area (TPSA) is 77.4 Å². The van der Waals surface area contributed by atoms with Crippen LogP contribution in [-0.2, 0) is 9.53 Å². The van der Waals surface area contributed by atoms with Crippen molar-refractivity contribution in [2.24, 2.45) is 5.92 Å². The molecule has 3 unspecified atom stereocenters. The average Bonchev–Trinajstić information content (AvgIpc) is 3.19. The molecule has 1 saturated heterocycles. The van der Waals surface area contributed by atoms with E-state index in [-0.39, 0.29) is 17.9 Å². The molecule has 27 heavy (non-hydrogen) atoms. The Bertz CT molecular complexity index is 785. The van der Waals surface area contributed by atoms with Gasteiger partial charge in [0.1, 0.15) is 11.8 Å². The predicted octanol–water partition coefficient (Wildman–Crippen LogP) is 2.01. The molecule has 2 heterocycles. The van der Waals surface area contributed by atoms with E-state index in [1.807, 2.05) is 31.6 Å². The van der Waals surface area contributed by atoms with Crippen molar-refractivity contribution in [2.75, 3.05) is 20.3 Å². The molecule has 4 rings (SSSR count). The van der Waals surface area contributed by atoms with Gasteiger partial charge in [-0.15, -0.1) is 0 Å². The largest absolute Gasteiger partial charge is 0.497 e. The van der Waals surface area contributed by atoms with E-state index >= 15 is 0 Å². The lowest BCUT2D eigenvalue weighted by Crippen LogP contribution is -2.39. The van der Waals surface area contributed by atoms with Crippen LogP contribution in [0.2, 0.25) is 0 Å². The van der Waals surface area contributed by atoms with Gasteiger partial charge in [0.2, 0.25) is 0 Å². The fraction of sp³-hybridized carbons (Fsp3) is 0.500. The lowest BCUT2D eigenvalue weighted by Gasteiger charge is -2.25. The molecule has 1 aromatic carbocycles. The van der Waals surface area contributed by atoms with Gasteiger partial charge in [-0.2, -0.15) is 0 Å². The number of hydrogen-bond donors (Lipinski definition) is 2. The molecule has 0 spiro atoms. The van der Waals surface area contributed by atoms with Gasteiger partial charge in [0, 0.05) is 24.4 Å². The van der Waals surface area contributed by atoms with Gasteiger partial charge in [-0.3, -0.25) is 10.2 Å². The van der Waals surface area contributed by atoms with Crippen molar-refractivity contribution in [3.63, 3.8) is 0 Å². The minimum absolute atomic E-state index is 0.0222. The van der Waals surface area contributed by atoms with Crippen LogP contribution in [-0.4, -0.2) is 41.8 Å². The number of methoxy groups -OCH3 is 1. The summed E-state index contributed by atoms with van der Waals surface area (Å²) < 4.78 is 12.8. The fourth-order valence-electron chi connectivity index (χ4n) is 3.94. The maximum Gasteiger partial charge on any atom is 0.325 e. The zero-order chi connectivity index (χ0) is 18.8. The number of hydrogen-bond acceptors (Lipinski definition) is 6. The number of carbonyl (C=O) groups is 1. The van der Waals surface area contributed by atoms with Crippen LogP contribution >= 0.6 is 0 Å². The van der Waals surface area contributed by atoms with Gasteiger partial charge in [0.15, 0.2) is 0 Å². The van der Waals surface area contributed by atoms with E-state index in [9.17, 15) is 4.79 Å². The van der Waals surface area contributed by atoms with Crippen LogP contribution in [0, 0.1) is 5.92 Å². The summed E-state index contributed by atoms with van der Waals surface area (Å²) in [6.07, 6.45) is 6.18. The molecule has 1 aliphatic carbocycles. The number of imidazole rings is 1. The highest BCUT2D eigenvalue weighted by Gasteiger charge is 2.40. The van der Waals surface area contributed by atoms with Crippen LogP contribution in [0.15, 0.2) is 36.8 Å². The van der Waals surface area contributed by atoms with Crippen molar-refractivity contribution in [2.45, 2.75) is 37.8 Å². The van der Waals surface area contributed by atoms with Crippen molar-refractivity contribution >= 4 is 5.97 Å². The lowest BCUT2D eigenvalue weighted by molar-refractivity contribution is -0.145. The van der Waals surface area contributed by atoms with Crippen molar-refractivity contribution in [3.05, 3.63) is 48.0 Å². The smallest absolute Gasteiger partial charge is 0.325 e. The van der Waals surface area contributed by atoms with Crippen LogP contribution < -0.4 is 15.6 Å². The number of rotatable bonds is 7. The zero-order valence-corrected chi connectivity index (χ0v) is 15.7. The first-order valence-electron chi connectivity index (χ1n) is 9.53. The highest BCUT2D eigenvalue weighted by atomic mass is 16.5. The molecule has 2 N–H and O–H groups in total. The van der Waals surface area contributed by atoms with E-state index < -0.39 is 6.04 Å². The molecule has 2 aliphatic rings. The first-order valence-corrected chi connectivity index (χ1v) is 9.53. The summed E-state index contributed by atoms with van der Waals surface area (Å²) in [6, 6.07) is 8.06. The summed E-state index contributed by atoms with van der Waals surface area (Å²) in [5, 5.41) is 0. The lowest BCUT2D eigenvalue weighted by atomic mass is 9.96. The number of esters is 1. The van der Waals surface area contributed by atoms with Crippen LogP contribution in [0.25, 0.3) is 0 Å². The van der Waals surface area contributed by atoms with E-state index in [1.54, 1.807) is 7.11 Å². The standard InChI is InChI=1S/C20H26N4O3/c1-3-27-20(25)18-16(10-22-23-18)17-11-21-12-24(17)19(13-4-5-13)14-6-8-15(26-2)9-7-14/h6-9,11-13,16,18-19,22-23H,3-5,10H2,1-2H3. The third-order valence-electron chi connectivity index (χ3n) is 5.42. The molecule has 7 heteroatoms. The van der Waals surface area contributed by atoms with Crippen molar-refractivity contribution in [3.8, 4) is 5.75 Å². The molecule has 0 amide bonds. The Hall–Kier alpha value is -2.38. The number of benzene rings is 1. The molecule has 144 valence electrons. The summed E-state index contributed by atoms with van der Waals surface area (Å²) in [6.45, 7) is 2.86. The van der Waals surface area contributed by atoms with Gasteiger partial charge >= 0.3 is 5.97 Å². The molecule has 0 radical (unpaired) electrons. The number of aromatic nitrogens is 2. The summed E-state index contributed by atoms with van der Waals surface area (Å²) in [7, 11) is 1.68. The van der Waals surface area contributed by atoms with Crippen LogP contribution in [0.4, 0.5) is 0 Å². The zero-order valence-electron chi connectivity index (χ0n) is 15.7. The number of nitrogens with one attached hydrogen (secondary N) is 2. The van der Waals surface area contributed by atoms with Gasteiger partial charge in [-0.1, -0.05) is 12.1 Å². The number of carbonyl (C=O) groups excluding carboxylic acids is 1. The van der Waals surface area contributed by atoms with Crippen molar-refractivity contribution < 1.29 is 14.3 Å². The molecular weight excluding hydrogens is 344 g/mol. The molecule has 1 aliphatic heterocycles. The van der Waals surface area contributed by atoms with Gasteiger partial charge in [-0.25, -0.2) is 10.4 Å². The normalized spacial score (nSPS) is 23.2. The Morgan fingerprint density at radius 1 is 1.33 bits per heavy atom. The summed E-state index contributed by atoms with van der Waals surface area (Å²) in [5.41, 5.74) is 8.46. The number of hydrazine groups is 1. The van der Waals surface area contributed by atoms with Crippen LogP contribution in [0.5, 0.6) is 5.75 Å². The van der Waals surface area contributed by atoms with E-state index in [4.69, 9.17) is 9.47 Å². The second kappa shape index (κ2) is 7.70. The summed E-state index contributed by atoms with van der Waals surface area (Å²) >= 11 is 0. The predicted molar refractivity (Wildman–Crippen MR) is 100 cm³/mol. The highest BCUT2D eigenvalue weighted by molar-refractivity contribution is 5.77. The van der Waals surface area contributed by atoms with E-state index in [1.165, 1.54) is 18.4 Å². The molecule has 2 fully saturated rings. The Balaban J connectivity index is 1.65. The van der Waals surface area contributed by atoms with Crippen LogP contribution in [0.1, 0.15) is 43.0 Å². The Labute approximate surface area is 159 Å². The second-order valence-corrected chi connectivity index (χ2v) is 7.14. The minimum Gasteiger partial charge on any atom is -0.497 e. The highest BCUT2D eigenvalue weighted by Crippen LogP contribution is 2.45. The Morgan fingerprint density at radius 3 is 2.78 bits per heavy atom. The van der Waals surface area contributed by atoms with Crippen LogP contribution in [0.3, 0.4) is 0 Å². The monoisotopic (exact) mass is 370 g/mol. The molecule has 1 saturated carbocycles. The molecule has 0 bridgehead atoms. The number of nitrogens with zero attached hydrogens (tertiary/aromatic N) is 2. The fourth-order valence-corrected chi connectivity index (χ4v) is 3.94. The van der Waals surface area contributed by atoms with Gasteiger partial charge in [-0.05, 0) is 43.4 Å². The first kappa shape index (κ1) is 18.0. The summed E-state index contributed by atoms with van der Waals surface area (Å²) in [4.78, 5) is 16.8. The molecular formula is C20H26N4O3. The Kier molecular flexibility index (Phi) is 5.13. The quantitative estimate of drug-likeness (QED) is 0.726. The molecule has 1 aromatic heterocycles. The summed E-state index contributed by atoms with van der Waals surface area (Å²) in [5.74, 6) is 1.19. The van der Waals surface area contributed by atoms with Gasteiger partial charge in [0.25, 0.3) is 0 Å². The SMILES string of the molecule is CCOC(=O)C1NNCC1c1cncn1C(c1ccc(OC)cc1)C1CC1. The molecule has 2 aromatic rings. The third kappa shape index (κ3) is 3.57. The van der Waals surface area contributed by atoms with Gasteiger partial charge in [0.05, 0.1) is 26.1 Å². The molecule has 7 nitrogen and oxygen atoms in total. The van der Waals surface area contributed by atoms with Crippen molar-refractivity contribution in [1.82, 2.24) is 20.4 Å². The maximum atomic E-state index is 12.4. The van der Waals surface area contributed by atoms with Gasteiger partial charge < -0.3 is 14.0 Å². The Morgan fingerprint density at radius 2 is 2.11 bits per heavy atom. The van der Waals surface area contributed by atoms with E-state index in [0.717, 1.165) is 11.4 Å². The number of ether oxygens (including phenoxy) is 2. The second-order valence-electron chi connectivity index (χ2n) is 7.14. The molecule has 3 atom stereocenters. The van der Waals surface area contributed by atoms with E-state index in [0.29, 0.717) is 19.1 Å². The van der Waals surface area contributed by atoms with E-state index in [2.05, 4.69) is 32.5 Å². The van der Waals surface area contributed by atoms with Crippen molar-refractivity contribution in [1.29, 1.82) is 0 Å². The average molecular weight is 370 g/mol. The first-order chi connectivity index (χ1) is 13.2.